The topological polar surface area (TPSA) is 90.7 Å². The monoisotopic (exact) mass is 418 g/mol. The van der Waals surface area contributed by atoms with Crippen molar-refractivity contribution >= 4 is 17.7 Å². The van der Waals surface area contributed by atoms with Crippen LogP contribution in [0.25, 0.3) is 6.08 Å². The number of rotatable bonds is 9. The summed E-state index contributed by atoms with van der Waals surface area (Å²) in [6.07, 6.45) is 2.70. The maximum absolute atomic E-state index is 12.1. The van der Waals surface area contributed by atoms with E-state index in [0.29, 0.717) is 23.7 Å². The molecule has 0 spiro atoms. The van der Waals surface area contributed by atoms with Crippen LogP contribution in [-0.4, -0.2) is 17.9 Å². The second-order valence-electron chi connectivity index (χ2n) is 6.63. The molecule has 0 unspecified atom stereocenters. The lowest BCUT2D eigenvalue weighted by Crippen LogP contribution is -2.20. The predicted molar refractivity (Wildman–Crippen MR) is 118 cm³/mol. The Morgan fingerprint density at radius 1 is 1.00 bits per heavy atom. The van der Waals surface area contributed by atoms with E-state index in [1.807, 2.05) is 36.4 Å². The van der Waals surface area contributed by atoms with Crippen LogP contribution in [0.15, 0.2) is 78.9 Å². The Labute approximate surface area is 180 Å². The van der Waals surface area contributed by atoms with E-state index in [1.54, 1.807) is 37.4 Å². The lowest BCUT2D eigenvalue weighted by atomic mass is 10.1. The van der Waals surface area contributed by atoms with Crippen molar-refractivity contribution in [3.8, 4) is 11.5 Å². The molecule has 0 aromatic heterocycles. The van der Waals surface area contributed by atoms with Crippen LogP contribution in [-0.2, 0) is 17.9 Å². The number of carbonyl (C=O) groups excluding carboxylic acids is 1. The number of methoxy groups -OCH3 is 1. The summed E-state index contributed by atoms with van der Waals surface area (Å²) in [6.45, 7) is 0.694. The Morgan fingerprint density at radius 3 is 2.48 bits per heavy atom. The minimum atomic E-state index is -0.481. The molecule has 158 valence electrons. The second kappa shape index (κ2) is 10.6. The van der Waals surface area contributed by atoms with E-state index in [2.05, 4.69) is 5.32 Å². The number of hydrogen-bond acceptors (Lipinski definition) is 5. The molecule has 3 rings (SSSR count). The molecule has 0 saturated heterocycles. The summed E-state index contributed by atoms with van der Waals surface area (Å²) in [5.74, 6) is 0.817. The first-order valence-electron chi connectivity index (χ1n) is 9.60. The van der Waals surface area contributed by atoms with Crippen molar-refractivity contribution in [1.82, 2.24) is 5.32 Å². The van der Waals surface area contributed by atoms with Gasteiger partial charge in [-0.25, -0.2) is 0 Å². The largest absolute Gasteiger partial charge is 0.493 e. The van der Waals surface area contributed by atoms with Crippen LogP contribution in [0, 0.1) is 10.1 Å². The summed E-state index contributed by atoms with van der Waals surface area (Å²) in [5, 5.41) is 13.8. The molecule has 0 aliphatic heterocycles. The Bertz CT molecular complexity index is 1080. The fraction of sp³-hybridized carbons (Fsp3) is 0.125. The summed E-state index contributed by atoms with van der Waals surface area (Å²) >= 11 is 0. The van der Waals surface area contributed by atoms with Crippen LogP contribution < -0.4 is 14.8 Å². The van der Waals surface area contributed by atoms with Gasteiger partial charge in [-0.2, -0.15) is 0 Å². The zero-order valence-corrected chi connectivity index (χ0v) is 17.0. The zero-order valence-electron chi connectivity index (χ0n) is 17.0. The van der Waals surface area contributed by atoms with E-state index in [4.69, 9.17) is 9.47 Å². The Hall–Kier alpha value is -4.13. The van der Waals surface area contributed by atoms with E-state index in [-0.39, 0.29) is 18.1 Å². The van der Waals surface area contributed by atoms with Gasteiger partial charge in [0.25, 0.3) is 5.69 Å². The van der Waals surface area contributed by atoms with Gasteiger partial charge in [-0.15, -0.1) is 0 Å². The number of benzene rings is 3. The third-order valence-electron chi connectivity index (χ3n) is 4.48. The number of hydrogen-bond donors (Lipinski definition) is 1. The fourth-order valence-corrected chi connectivity index (χ4v) is 2.88. The van der Waals surface area contributed by atoms with Gasteiger partial charge in [0, 0.05) is 18.7 Å². The van der Waals surface area contributed by atoms with Crippen molar-refractivity contribution in [3.63, 3.8) is 0 Å². The molecule has 0 aliphatic carbocycles. The highest BCUT2D eigenvalue weighted by Gasteiger charge is 2.10. The molecule has 7 nitrogen and oxygen atoms in total. The van der Waals surface area contributed by atoms with Crippen LogP contribution >= 0.6 is 0 Å². The summed E-state index contributed by atoms with van der Waals surface area (Å²) in [6, 6.07) is 21.5. The molecule has 1 N–H and O–H groups in total. The van der Waals surface area contributed by atoms with Crippen molar-refractivity contribution in [2.24, 2.45) is 0 Å². The normalized spacial score (nSPS) is 10.6. The van der Waals surface area contributed by atoms with Gasteiger partial charge in [-0.1, -0.05) is 48.5 Å². The highest BCUT2D eigenvalue weighted by Crippen LogP contribution is 2.29. The first-order chi connectivity index (χ1) is 15.1. The standard InChI is InChI=1S/C24H22N2O5/c1-30-23-15-19(11-13-22(23)31-17-18-7-3-2-4-8-18)16-25-24(27)14-12-20-9-5-6-10-21(20)26(28)29/h2-15H,16-17H2,1H3,(H,25,27)/b14-12+. The molecule has 7 heteroatoms. The van der Waals surface area contributed by atoms with Crippen molar-refractivity contribution in [1.29, 1.82) is 0 Å². The maximum atomic E-state index is 12.1. The van der Waals surface area contributed by atoms with Gasteiger partial charge in [0.2, 0.25) is 5.91 Å². The van der Waals surface area contributed by atoms with Crippen LogP contribution in [0.1, 0.15) is 16.7 Å². The smallest absolute Gasteiger partial charge is 0.276 e. The molecular weight excluding hydrogens is 396 g/mol. The Balaban J connectivity index is 1.59. The number of nitro benzene ring substituents is 1. The first kappa shape index (κ1) is 21.6. The summed E-state index contributed by atoms with van der Waals surface area (Å²) in [5.41, 5.74) is 2.19. The van der Waals surface area contributed by atoms with Crippen LogP contribution in [0.4, 0.5) is 5.69 Å². The molecule has 0 saturated carbocycles. The van der Waals surface area contributed by atoms with E-state index in [9.17, 15) is 14.9 Å². The van der Waals surface area contributed by atoms with Crippen molar-refractivity contribution in [2.75, 3.05) is 7.11 Å². The highest BCUT2D eigenvalue weighted by atomic mass is 16.6. The average molecular weight is 418 g/mol. The zero-order chi connectivity index (χ0) is 22.1. The minimum absolute atomic E-state index is 0.0534. The average Bonchev–Trinajstić information content (AvgIpc) is 2.81. The predicted octanol–water partition coefficient (Wildman–Crippen LogP) is 4.51. The molecular formula is C24H22N2O5. The van der Waals surface area contributed by atoms with Crippen molar-refractivity contribution in [3.05, 3.63) is 106 Å². The van der Waals surface area contributed by atoms with Crippen molar-refractivity contribution in [2.45, 2.75) is 13.2 Å². The minimum Gasteiger partial charge on any atom is -0.493 e. The number of nitrogens with one attached hydrogen (secondary N) is 1. The number of carbonyl (C=O) groups is 1. The lowest BCUT2D eigenvalue weighted by Gasteiger charge is -2.12. The molecule has 0 aliphatic rings. The van der Waals surface area contributed by atoms with Gasteiger partial charge in [0.1, 0.15) is 6.61 Å². The SMILES string of the molecule is COc1cc(CNC(=O)/C=C/c2ccccc2[N+](=O)[O-])ccc1OCc1ccccc1. The third kappa shape index (κ3) is 6.17. The van der Waals surface area contributed by atoms with E-state index in [1.165, 1.54) is 18.2 Å². The molecule has 0 fully saturated rings. The molecule has 3 aromatic rings. The van der Waals surface area contributed by atoms with E-state index < -0.39 is 4.92 Å². The molecule has 31 heavy (non-hydrogen) atoms. The van der Waals surface area contributed by atoms with Gasteiger partial charge < -0.3 is 14.8 Å². The van der Waals surface area contributed by atoms with Crippen molar-refractivity contribution < 1.29 is 19.2 Å². The van der Waals surface area contributed by atoms with Gasteiger partial charge in [-0.05, 0) is 35.4 Å². The number of amides is 1. The van der Waals surface area contributed by atoms with E-state index in [0.717, 1.165) is 11.1 Å². The Kier molecular flexibility index (Phi) is 7.37. The van der Waals surface area contributed by atoms with Crippen LogP contribution in [0.3, 0.4) is 0 Å². The number of para-hydroxylation sites is 1. The van der Waals surface area contributed by atoms with Gasteiger partial charge in [0.15, 0.2) is 11.5 Å². The molecule has 3 aromatic carbocycles. The van der Waals surface area contributed by atoms with Crippen LogP contribution in [0.5, 0.6) is 11.5 Å². The molecule has 0 radical (unpaired) electrons. The third-order valence-corrected chi connectivity index (χ3v) is 4.48. The van der Waals surface area contributed by atoms with Gasteiger partial charge >= 0.3 is 0 Å². The summed E-state index contributed by atoms with van der Waals surface area (Å²) < 4.78 is 11.2. The summed E-state index contributed by atoms with van der Waals surface area (Å²) in [7, 11) is 1.56. The Morgan fingerprint density at radius 2 is 1.74 bits per heavy atom. The summed E-state index contributed by atoms with van der Waals surface area (Å²) in [4.78, 5) is 22.7. The van der Waals surface area contributed by atoms with Gasteiger partial charge in [0.05, 0.1) is 17.6 Å². The first-order valence-corrected chi connectivity index (χ1v) is 9.60. The highest BCUT2D eigenvalue weighted by molar-refractivity contribution is 5.92. The molecule has 0 heterocycles. The quantitative estimate of drug-likeness (QED) is 0.314. The van der Waals surface area contributed by atoms with E-state index >= 15 is 0 Å². The van der Waals surface area contributed by atoms with Gasteiger partial charge in [-0.3, -0.25) is 14.9 Å². The maximum Gasteiger partial charge on any atom is 0.276 e. The molecule has 0 atom stereocenters. The van der Waals surface area contributed by atoms with Crippen LogP contribution in [0.2, 0.25) is 0 Å². The molecule has 1 amide bonds. The number of ether oxygens (including phenoxy) is 2. The fourth-order valence-electron chi connectivity index (χ4n) is 2.88. The number of nitro groups is 1. The lowest BCUT2D eigenvalue weighted by molar-refractivity contribution is -0.385. The molecule has 0 bridgehead atoms. The number of nitrogens with zero attached hydrogens (tertiary/aromatic N) is 1. The second-order valence-corrected chi connectivity index (χ2v) is 6.63.